The third kappa shape index (κ3) is 3.95. The van der Waals surface area contributed by atoms with Crippen molar-refractivity contribution in [3.8, 4) is 0 Å². The van der Waals surface area contributed by atoms with Crippen LogP contribution in [0.15, 0.2) is 30.3 Å². The molecule has 3 heteroatoms. The van der Waals surface area contributed by atoms with Crippen molar-refractivity contribution in [2.75, 3.05) is 7.11 Å². The molecule has 1 aromatic rings. The maximum absolute atomic E-state index is 11.0. The maximum atomic E-state index is 11.0. The first-order chi connectivity index (χ1) is 6.72. The Hall–Kier alpha value is -0.791. The van der Waals surface area contributed by atoms with Crippen LogP contribution in [0, 0.1) is 0 Å². The molecule has 0 aliphatic carbocycles. The van der Waals surface area contributed by atoms with Gasteiger partial charge in [0, 0.05) is 0 Å². The van der Waals surface area contributed by atoms with E-state index in [9.17, 15) is 4.79 Å². The molecule has 0 heterocycles. The van der Waals surface area contributed by atoms with Gasteiger partial charge in [0.05, 0.1) is 0 Å². The molecular formula is C11H14O2Se. The predicted molar refractivity (Wildman–Crippen MR) is 57.9 cm³/mol. The van der Waals surface area contributed by atoms with Crippen LogP contribution in [-0.2, 0) is 9.53 Å². The second-order valence-corrected chi connectivity index (χ2v) is 6.19. The SMILES string of the molecule is COC(=O)CC(C)[Se]c1ccccc1. The van der Waals surface area contributed by atoms with Gasteiger partial charge in [0.15, 0.2) is 0 Å². The molecule has 0 saturated carbocycles. The summed E-state index contributed by atoms with van der Waals surface area (Å²) in [6.07, 6.45) is 0.519. The molecule has 14 heavy (non-hydrogen) atoms. The molecule has 1 rings (SSSR count). The average Bonchev–Trinajstić information content (AvgIpc) is 2.19. The molecule has 76 valence electrons. The van der Waals surface area contributed by atoms with Gasteiger partial charge in [0.1, 0.15) is 0 Å². The predicted octanol–water partition coefficient (Wildman–Crippen LogP) is 1.39. The van der Waals surface area contributed by atoms with E-state index < -0.39 is 0 Å². The summed E-state index contributed by atoms with van der Waals surface area (Å²) < 4.78 is 5.96. The van der Waals surface area contributed by atoms with Crippen molar-refractivity contribution in [1.29, 1.82) is 0 Å². The molecule has 0 aliphatic rings. The van der Waals surface area contributed by atoms with Gasteiger partial charge in [-0.3, -0.25) is 0 Å². The van der Waals surface area contributed by atoms with Gasteiger partial charge in [0.2, 0.25) is 0 Å². The summed E-state index contributed by atoms with van der Waals surface area (Å²) >= 11 is 0.357. The number of esters is 1. The summed E-state index contributed by atoms with van der Waals surface area (Å²) in [6, 6.07) is 10.3. The monoisotopic (exact) mass is 258 g/mol. The minimum atomic E-state index is -0.115. The third-order valence-corrected chi connectivity index (χ3v) is 4.10. The molecular weight excluding hydrogens is 243 g/mol. The molecule has 0 bridgehead atoms. The van der Waals surface area contributed by atoms with Crippen LogP contribution in [0.3, 0.4) is 0 Å². The Morgan fingerprint density at radius 2 is 2.07 bits per heavy atom. The van der Waals surface area contributed by atoms with Crippen LogP contribution in [0.2, 0.25) is 4.82 Å². The van der Waals surface area contributed by atoms with Crippen LogP contribution in [0.5, 0.6) is 0 Å². The number of methoxy groups -OCH3 is 1. The molecule has 1 atom stereocenters. The van der Waals surface area contributed by atoms with Crippen LogP contribution in [0.4, 0.5) is 0 Å². The quantitative estimate of drug-likeness (QED) is 0.602. The first kappa shape index (κ1) is 11.3. The fourth-order valence-corrected chi connectivity index (χ4v) is 3.19. The average molecular weight is 257 g/mol. The van der Waals surface area contributed by atoms with E-state index in [-0.39, 0.29) is 5.97 Å². The molecule has 0 fully saturated rings. The fraction of sp³-hybridized carbons (Fsp3) is 0.364. The number of benzene rings is 1. The summed E-state index contributed by atoms with van der Waals surface area (Å²) in [5.41, 5.74) is 0. The number of rotatable bonds is 4. The minimum absolute atomic E-state index is 0.115. The van der Waals surface area contributed by atoms with Gasteiger partial charge in [-0.1, -0.05) is 0 Å². The Kier molecular flexibility index (Phi) is 4.71. The second kappa shape index (κ2) is 5.84. The van der Waals surface area contributed by atoms with Gasteiger partial charge < -0.3 is 0 Å². The van der Waals surface area contributed by atoms with Crippen LogP contribution < -0.4 is 4.46 Å². The van der Waals surface area contributed by atoms with E-state index in [1.54, 1.807) is 0 Å². The molecule has 1 unspecified atom stereocenters. The normalized spacial score (nSPS) is 12.1. The van der Waals surface area contributed by atoms with E-state index in [0.29, 0.717) is 26.2 Å². The summed E-state index contributed by atoms with van der Waals surface area (Å²) in [5.74, 6) is -0.115. The Balaban J connectivity index is 2.41. The van der Waals surface area contributed by atoms with Gasteiger partial charge in [-0.2, -0.15) is 0 Å². The first-order valence-corrected chi connectivity index (χ1v) is 6.35. The van der Waals surface area contributed by atoms with Crippen molar-refractivity contribution in [3.63, 3.8) is 0 Å². The number of hydrogen-bond donors (Lipinski definition) is 0. The van der Waals surface area contributed by atoms with E-state index >= 15 is 0 Å². The molecule has 2 nitrogen and oxygen atoms in total. The Morgan fingerprint density at radius 1 is 1.43 bits per heavy atom. The van der Waals surface area contributed by atoms with Crippen LogP contribution in [0.25, 0.3) is 0 Å². The number of ether oxygens (including phenoxy) is 1. The molecule has 1 aromatic carbocycles. The zero-order chi connectivity index (χ0) is 10.4. The zero-order valence-electron chi connectivity index (χ0n) is 8.40. The summed E-state index contributed by atoms with van der Waals surface area (Å²) in [4.78, 5) is 11.4. The molecule has 0 N–H and O–H groups in total. The number of carbonyl (C=O) groups is 1. The van der Waals surface area contributed by atoms with Crippen LogP contribution in [-0.4, -0.2) is 28.0 Å². The van der Waals surface area contributed by atoms with Gasteiger partial charge in [-0.05, 0) is 0 Å². The fourth-order valence-electron chi connectivity index (χ4n) is 1.09. The van der Waals surface area contributed by atoms with E-state index in [4.69, 9.17) is 0 Å². The van der Waals surface area contributed by atoms with Crippen molar-refractivity contribution >= 4 is 25.4 Å². The first-order valence-electron chi connectivity index (χ1n) is 4.51. The number of hydrogen-bond acceptors (Lipinski definition) is 2. The summed E-state index contributed by atoms with van der Waals surface area (Å²) in [6.45, 7) is 2.09. The molecule has 0 radical (unpaired) electrons. The third-order valence-electron chi connectivity index (χ3n) is 1.76. The molecule has 0 saturated heterocycles. The van der Waals surface area contributed by atoms with Crippen molar-refractivity contribution in [3.05, 3.63) is 30.3 Å². The molecule has 0 amide bonds. The van der Waals surface area contributed by atoms with E-state index in [1.165, 1.54) is 11.6 Å². The van der Waals surface area contributed by atoms with E-state index in [2.05, 4.69) is 23.8 Å². The van der Waals surface area contributed by atoms with Gasteiger partial charge in [-0.15, -0.1) is 0 Å². The van der Waals surface area contributed by atoms with Gasteiger partial charge in [-0.25, -0.2) is 0 Å². The molecule has 0 aliphatic heterocycles. The topological polar surface area (TPSA) is 26.3 Å². The Morgan fingerprint density at radius 3 is 2.64 bits per heavy atom. The summed E-state index contributed by atoms with van der Waals surface area (Å²) in [5, 5.41) is 0. The molecule has 0 spiro atoms. The van der Waals surface area contributed by atoms with Crippen LogP contribution >= 0.6 is 0 Å². The van der Waals surface area contributed by atoms with Crippen molar-refractivity contribution < 1.29 is 9.53 Å². The zero-order valence-corrected chi connectivity index (χ0v) is 10.1. The van der Waals surface area contributed by atoms with Crippen LogP contribution in [0.1, 0.15) is 13.3 Å². The van der Waals surface area contributed by atoms with E-state index in [1.807, 2.05) is 18.2 Å². The Bertz CT molecular complexity index is 285. The number of carbonyl (C=O) groups excluding carboxylic acids is 1. The second-order valence-electron chi connectivity index (χ2n) is 3.02. The van der Waals surface area contributed by atoms with E-state index in [0.717, 1.165) is 0 Å². The van der Waals surface area contributed by atoms with Crippen molar-refractivity contribution in [1.82, 2.24) is 0 Å². The van der Waals surface area contributed by atoms with Gasteiger partial charge >= 0.3 is 90.5 Å². The van der Waals surface area contributed by atoms with Crippen molar-refractivity contribution in [2.45, 2.75) is 18.2 Å². The standard InChI is InChI=1S/C11H14O2Se/c1-9(8-11(12)13-2)14-10-6-4-3-5-7-10/h3-7,9H,8H2,1-2H3. The van der Waals surface area contributed by atoms with Crippen molar-refractivity contribution in [2.24, 2.45) is 0 Å². The Labute approximate surface area is 90.8 Å². The molecule has 0 aromatic heterocycles. The summed E-state index contributed by atoms with van der Waals surface area (Å²) in [7, 11) is 1.44. The van der Waals surface area contributed by atoms with Gasteiger partial charge in [0.25, 0.3) is 0 Å².